The van der Waals surface area contributed by atoms with E-state index in [-0.39, 0.29) is 0 Å². The molecule has 5 aromatic rings. The summed E-state index contributed by atoms with van der Waals surface area (Å²) in [6.45, 7) is 0. The van der Waals surface area contributed by atoms with Crippen molar-refractivity contribution in [2.75, 3.05) is 0 Å². The molecule has 0 bridgehead atoms. The van der Waals surface area contributed by atoms with E-state index in [0.29, 0.717) is 0 Å². The highest BCUT2D eigenvalue weighted by Gasteiger charge is 2.10. The van der Waals surface area contributed by atoms with Gasteiger partial charge in [-0.25, -0.2) is 4.98 Å². The Labute approximate surface area is 113 Å². The van der Waals surface area contributed by atoms with E-state index >= 15 is 0 Å². The lowest BCUT2D eigenvalue weighted by Crippen LogP contribution is -1.77. The first-order chi connectivity index (χ1) is 9.90. The number of pyridine rings is 2. The molecular weight excluding hydrogens is 248 g/mol. The molecular formula is C16H10N4. The predicted octanol–water partition coefficient (Wildman–Crippen LogP) is 3.75. The summed E-state index contributed by atoms with van der Waals surface area (Å²) in [6, 6.07) is 12.4. The van der Waals surface area contributed by atoms with Crippen molar-refractivity contribution in [3.05, 3.63) is 48.8 Å². The van der Waals surface area contributed by atoms with Gasteiger partial charge in [0.15, 0.2) is 0 Å². The van der Waals surface area contributed by atoms with Crippen LogP contribution < -0.4 is 0 Å². The maximum atomic E-state index is 4.86. The van der Waals surface area contributed by atoms with Gasteiger partial charge in [-0.1, -0.05) is 18.2 Å². The van der Waals surface area contributed by atoms with E-state index < -0.39 is 0 Å². The predicted molar refractivity (Wildman–Crippen MR) is 80.8 cm³/mol. The zero-order valence-electron chi connectivity index (χ0n) is 10.5. The molecule has 0 saturated heterocycles. The normalized spacial score (nSPS) is 12.0. The van der Waals surface area contributed by atoms with Gasteiger partial charge >= 0.3 is 0 Å². The highest BCUT2D eigenvalue weighted by atomic mass is 14.8. The number of aromatic amines is 2. The molecule has 0 radical (unpaired) electrons. The number of aromatic nitrogens is 4. The topological polar surface area (TPSA) is 57.4 Å². The molecule has 0 aliphatic rings. The number of nitrogens with one attached hydrogen (secondary N) is 2. The summed E-state index contributed by atoms with van der Waals surface area (Å²) in [4.78, 5) is 15.8. The Morgan fingerprint density at radius 2 is 1.50 bits per heavy atom. The van der Waals surface area contributed by atoms with Crippen LogP contribution in [-0.2, 0) is 0 Å². The minimum atomic E-state index is 1.000. The van der Waals surface area contributed by atoms with Crippen molar-refractivity contribution in [1.29, 1.82) is 0 Å². The molecule has 0 fully saturated rings. The maximum absolute atomic E-state index is 4.86. The highest BCUT2D eigenvalue weighted by Crippen LogP contribution is 2.29. The number of H-pyrrole nitrogens is 2. The van der Waals surface area contributed by atoms with Gasteiger partial charge in [-0.05, 0) is 18.2 Å². The Kier molecular flexibility index (Phi) is 1.68. The van der Waals surface area contributed by atoms with Gasteiger partial charge in [0, 0.05) is 22.5 Å². The molecule has 1 aromatic carbocycles. The molecule has 5 rings (SSSR count). The van der Waals surface area contributed by atoms with Gasteiger partial charge in [-0.15, -0.1) is 0 Å². The van der Waals surface area contributed by atoms with Crippen molar-refractivity contribution in [2.24, 2.45) is 0 Å². The van der Waals surface area contributed by atoms with Crippen LogP contribution >= 0.6 is 0 Å². The highest BCUT2D eigenvalue weighted by molar-refractivity contribution is 6.12. The fourth-order valence-electron chi connectivity index (χ4n) is 2.90. The SMILES string of the molecule is c1ccc2c(c1)[nH]c1cc3[nH]c4cnccc4c3nc12. The van der Waals surface area contributed by atoms with E-state index in [1.165, 1.54) is 0 Å². The van der Waals surface area contributed by atoms with Crippen molar-refractivity contribution in [3.8, 4) is 0 Å². The zero-order chi connectivity index (χ0) is 13.1. The lowest BCUT2D eigenvalue weighted by atomic mass is 10.2. The Hall–Kier alpha value is -2.88. The quantitative estimate of drug-likeness (QED) is 0.444. The van der Waals surface area contributed by atoms with Crippen LogP contribution in [0, 0.1) is 0 Å². The van der Waals surface area contributed by atoms with Crippen molar-refractivity contribution < 1.29 is 0 Å². The molecule has 4 heteroatoms. The van der Waals surface area contributed by atoms with Crippen molar-refractivity contribution >= 4 is 43.9 Å². The zero-order valence-corrected chi connectivity index (χ0v) is 10.5. The molecule has 4 aromatic heterocycles. The fraction of sp³-hybridized carbons (Fsp3) is 0. The van der Waals surface area contributed by atoms with Gasteiger partial charge in [0.05, 0.1) is 33.8 Å². The molecule has 0 atom stereocenters. The third-order valence-electron chi connectivity index (χ3n) is 3.82. The summed E-state index contributed by atoms with van der Waals surface area (Å²) in [6.07, 6.45) is 3.64. The summed E-state index contributed by atoms with van der Waals surface area (Å²) in [5.41, 5.74) is 6.25. The number of benzene rings is 1. The Balaban J connectivity index is 2.06. The monoisotopic (exact) mass is 258 g/mol. The van der Waals surface area contributed by atoms with Crippen molar-refractivity contribution in [2.45, 2.75) is 0 Å². The standard InChI is InChI=1S/C16H10N4/c1-2-4-11-9(3-1)15-12(18-11)7-13-16(20-15)10-5-6-17-8-14(10)19-13/h1-8,18-19H. The lowest BCUT2D eigenvalue weighted by Gasteiger charge is -1.93. The molecule has 0 aliphatic carbocycles. The van der Waals surface area contributed by atoms with E-state index in [1.807, 2.05) is 24.4 Å². The van der Waals surface area contributed by atoms with Gasteiger partial charge in [0.1, 0.15) is 0 Å². The Morgan fingerprint density at radius 3 is 2.40 bits per heavy atom. The van der Waals surface area contributed by atoms with Gasteiger partial charge < -0.3 is 9.97 Å². The van der Waals surface area contributed by atoms with Crippen molar-refractivity contribution in [3.63, 3.8) is 0 Å². The van der Waals surface area contributed by atoms with Gasteiger partial charge in [0.25, 0.3) is 0 Å². The van der Waals surface area contributed by atoms with Crippen LogP contribution in [-0.4, -0.2) is 19.9 Å². The average Bonchev–Trinajstić information content (AvgIpc) is 3.02. The van der Waals surface area contributed by atoms with Gasteiger partial charge in [0.2, 0.25) is 0 Å². The summed E-state index contributed by atoms with van der Waals surface area (Å²) in [7, 11) is 0. The van der Waals surface area contributed by atoms with E-state index in [9.17, 15) is 0 Å². The molecule has 0 aliphatic heterocycles. The molecule has 94 valence electrons. The van der Waals surface area contributed by atoms with Crippen LogP contribution in [0.3, 0.4) is 0 Å². The molecule has 2 N–H and O–H groups in total. The minimum absolute atomic E-state index is 1.000. The number of rotatable bonds is 0. The number of nitrogens with zero attached hydrogens (tertiary/aromatic N) is 2. The molecule has 4 nitrogen and oxygen atoms in total. The first-order valence-electron chi connectivity index (χ1n) is 6.53. The number of hydrogen-bond acceptors (Lipinski definition) is 2. The van der Waals surface area contributed by atoms with E-state index in [4.69, 9.17) is 4.98 Å². The van der Waals surface area contributed by atoms with Gasteiger partial charge in [-0.2, -0.15) is 0 Å². The molecule has 4 heterocycles. The lowest BCUT2D eigenvalue weighted by molar-refractivity contribution is 1.35. The molecule has 0 saturated carbocycles. The second-order valence-electron chi connectivity index (χ2n) is 5.00. The molecule has 0 spiro atoms. The summed E-state index contributed by atoms with van der Waals surface area (Å²) >= 11 is 0. The van der Waals surface area contributed by atoms with E-state index in [2.05, 4.69) is 33.2 Å². The maximum Gasteiger partial charge on any atom is 0.0967 e. The Bertz CT molecular complexity index is 1020. The second kappa shape index (κ2) is 3.36. The van der Waals surface area contributed by atoms with Crippen LogP contribution in [0.25, 0.3) is 43.9 Å². The number of para-hydroxylation sites is 1. The summed E-state index contributed by atoms with van der Waals surface area (Å²) < 4.78 is 0. The first kappa shape index (κ1) is 9.97. The van der Waals surface area contributed by atoms with Crippen molar-refractivity contribution in [1.82, 2.24) is 19.9 Å². The third-order valence-corrected chi connectivity index (χ3v) is 3.82. The molecule has 0 unspecified atom stereocenters. The minimum Gasteiger partial charge on any atom is -0.353 e. The van der Waals surface area contributed by atoms with Crippen LogP contribution in [0.5, 0.6) is 0 Å². The largest absolute Gasteiger partial charge is 0.353 e. The number of hydrogen-bond donors (Lipinski definition) is 2. The fourth-order valence-corrected chi connectivity index (χ4v) is 2.90. The Morgan fingerprint density at radius 1 is 0.750 bits per heavy atom. The van der Waals surface area contributed by atoms with E-state index in [1.54, 1.807) is 6.20 Å². The molecule has 20 heavy (non-hydrogen) atoms. The summed E-state index contributed by atoms with van der Waals surface area (Å²) in [5, 5.41) is 2.27. The van der Waals surface area contributed by atoms with Crippen LogP contribution in [0.4, 0.5) is 0 Å². The smallest absolute Gasteiger partial charge is 0.0967 e. The number of fused-ring (bicyclic) bond motifs is 6. The van der Waals surface area contributed by atoms with Gasteiger partial charge in [-0.3, -0.25) is 4.98 Å². The third kappa shape index (κ3) is 1.15. The molecule has 0 amide bonds. The van der Waals surface area contributed by atoms with Crippen LogP contribution in [0.15, 0.2) is 48.8 Å². The van der Waals surface area contributed by atoms with Crippen LogP contribution in [0.1, 0.15) is 0 Å². The average molecular weight is 258 g/mol. The second-order valence-corrected chi connectivity index (χ2v) is 5.00. The summed E-state index contributed by atoms with van der Waals surface area (Å²) in [5.74, 6) is 0. The van der Waals surface area contributed by atoms with Crippen LogP contribution in [0.2, 0.25) is 0 Å². The van der Waals surface area contributed by atoms with E-state index in [0.717, 1.165) is 43.9 Å². The first-order valence-corrected chi connectivity index (χ1v) is 6.53.